The van der Waals surface area contributed by atoms with Crippen LogP contribution < -0.4 is 14.9 Å². The van der Waals surface area contributed by atoms with Gasteiger partial charge in [0.25, 0.3) is 0 Å². The topological polar surface area (TPSA) is 78.6 Å². The Balaban J connectivity index is 1.66. The number of fused-ring (bicyclic) bond motifs is 1. The minimum absolute atomic E-state index is 0.230. The molecule has 0 bridgehead atoms. The fourth-order valence-electron chi connectivity index (χ4n) is 2.75. The maximum Gasteiger partial charge on any atom is 0.345 e. The number of aromatic nitrogens is 1. The van der Waals surface area contributed by atoms with Crippen molar-refractivity contribution in [2.24, 2.45) is 0 Å². The van der Waals surface area contributed by atoms with Crippen molar-refractivity contribution in [3.8, 4) is 22.8 Å². The van der Waals surface area contributed by atoms with E-state index in [4.69, 9.17) is 13.9 Å². The molecule has 0 aliphatic heterocycles. The minimum Gasteiger partial charge on any atom is -0.497 e. The summed E-state index contributed by atoms with van der Waals surface area (Å²) in [6.07, 6.45) is 2.98. The first-order valence-electron chi connectivity index (χ1n) is 8.48. The highest BCUT2D eigenvalue weighted by Crippen LogP contribution is 2.26. The number of carbonyl (C=O) groups is 1. The summed E-state index contributed by atoms with van der Waals surface area (Å²) < 4.78 is 16.3. The first kappa shape index (κ1) is 17.5. The zero-order chi connectivity index (χ0) is 19.5. The molecule has 2 heterocycles. The lowest BCUT2D eigenvalue weighted by Gasteiger charge is -2.07. The number of nitrogens with zero attached hydrogens (tertiary/aromatic N) is 1. The number of rotatable bonds is 4. The molecule has 138 valence electrons. The SMILES string of the molecule is COc1ccc(-c2cc(=O)c3cc(OC(=O)c4cccnc4)ccc3o2)cc1. The van der Waals surface area contributed by atoms with Gasteiger partial charge in [0.2, 0.25) is 0 Å². The van der Waals surface area contributed by atoms with E-state index in [1.54, 1.807) is 49.7 Å². The molecule has 0 N–H and O–H groups in total. The molecule has 6 nitrogen and oxygen atoms in total. The van der Waals surface area contributed by atoms with Gasteiger partial charge < -0.3 is 13.9 Å². The number of hydrogen-bond acceptors (Lipinski definition) is 6. The zero-order valence-corrected chi connectivity index (χ0v) is 14.9. The third kappa shape index (κ3) is 3.48. The van der Waals surface area contributed by atoms with E-state index in [9.17, 15) is 9.59 Å². The van der Waals surface area contributed by atoms with E-state index >= 15 is 0 Å². The maximum absolute atomic E-state index is 12.6. The lowest BCUT2D eigenvalue weighted by molar-refractivity contribution is 0.0734. The lowest BCUT2D eigenvalue weighted by Crippen LogP contribution is -2.09. The van der Waals surface area contributed by atoms with Gasteiger partial charge in [-0.05, 0) is 54.6 Å². The van der Waals surface area contributed by atoms with E-state index in [1.807, 2.05) is 12.1 Å². The summed E-state index contributed by atoms with van der Waals surface area (Å²) in [5.41, 5.74) is 1.25. The third-order valence-electron chi connectivity index (χ3n) is 4.18. The predicted molar refractivity (Wildman–Crippen MR) is 104 cm³/mol. The van der Waals surface area contributed by atoms with Crippen molar-refractivity contribution in [2.45, 2.75) is 0 Å². The second-order valence-corrected chi connectivity index (χ2v) is 5.99. The normalized spacial score (nSPS) is 10.6. The van der Waals surface area contributed by atoms with Gasteiger partial charge in [-0.3, -0.25) is 9.78 Å². The molecule has 0 amide bonds. The van der Waals surface area contributed by atoms with E-state index in [1.165, 1.54) is 18.3 Å². The summed E-state index contributed by atoms with van der Waals surface area (Å²) in [5.74, 6) is 0.866. The van der Waals surface area contributed by atoms with Crippen LogP contribution in [0.5, 0.6) is 11.5 Å². The van der Waals surface area contributed by atoms with Crippen LogP contribution in [0.3, 0.4) is 0 Å². The van der Waals surface area contributed by atoms with E-state index in [0.29, 0.717) is 28.0 Å². The zero-order valence-electron chi connectivity index (χ0n) is 14.9. The molecule has 6 heteroatoms. The van der Waals surface area contributed by atoms with E-state index < -0.39 is 5.97 Å². The van der Waals surface area contributed by atoms with Crippen molar-refractivity contribution in [3.63, 3.8) is 0 Å². The van der Waals surface area contributed by atoms with E-state index in [0.717, 1.165) is 5.56 Å². The Morgan fingerprint density at radius 1 is 1.00 bits per heavy atom. The smallest absolute Gasteiger partial charge is 0.345 e. The van der Waals surface area contributed by atoms with Crippen molar-refractivity contribution in [2.75, 3.05) is 7.11 Å². The van der Waals surface area contributed by atoms with Crippen LogP contribution in [0.15, 0.2) is 82.3 Å². The van der Waals surface area contributed by atoms with Crippen LogP contribution in [0.1, 0.15) is 10.4 Å². The first-order chi connectivity index (χ1) is 13.6. The fourth-order valence-corrected chi connectivity index (χ4v) is 2.75. The highest BCUT2D eigenvalue weighted by atomic mass is 16.5. The quantitative estimate of drug-likeness (QED) is 0.396. The number of pyridine rings is 1. The van der Waals surface area contributed by atoms with Gasteiger partial charge in [-0.1, -0.05) is 0 Å². The van der Waals surface area contributed by atoms with Crippen molar-refractivity contribution < 1.29 is 18.7 Å². The molecule has 0 aliphatic carbocycles. The highest BCUT2D eigenvalue weighted by molar-refractivity contribution is 5.91. The summed E-state index contributed by atoms with van der Waals surface area (Å²) >= 11 is 0. The van der Waals surface area contributed by atoms with Crippen molar-refractivity contribution in [1.82, 2.24) is 4.98 Å². The molecule has 4 rings (SSSR count). The van der Waals surface area contributed by atoms with Crippen LogP contribution in [-0.4, -0.2) is 18.1 Å². The Morgan fingerprint density at radius 3 is 2.50 bits per heavy atom. The Morgan fingerprint density at radius 2 is 1.79 bits per heavy atom. The van der Waals surface area contributed by atoms with Gasteiger partial charge in [-0.15, -0.1) is 0 Å². The summed E-state index contributed by atoms with van der Waals surface area (Å²) in [6, 6.07) is 16.6. The second kappa shape index (κ2) is 7.36. The van der Waals surface area contributed by atoms with Crippen LogP contribution in [0.25, 0.3) is 22.3 Å². The predicted octanol–water partition coefficient (Wildman–Crippen LogP) is 4.08. The molecular weight excluding hydrogens is 358 g/mol. The third-order valence-corrected chi connectivity index (χ3v) is 4.18. The molecule has 0 aliphatic rings. The number of carbonyl (C=O) groups excluding carboxylic acids is 1. The molecule has 0 radical (unpaired) electrons. The molecule has 28 heavy (non-hydrogen) atoms. The molecule has 0 fully saturated rings. The standard InChI is InChI=1S/C22H15NO5/c1-26-16-6-4-14(5-7-16)21-12-19(24)18-11-17(8-9-20(18)28-21)27-22(25)15-3-2-10-23-13-15/h2-13H,1H3. The average Bonchev–Trinajstić information content (AvgIpc) is 2.74. The highest BCUT2D eigenvalue weighted by Gasteiger charge is 2.12. The van der Waals surface area contributed by atoms with Crippen molar-refractivity contribution >= 4 is 16.9 Å². The van der Waals surface area contributed by atoms with E-state index in [2.05, 4.69) is 4.98 Å². The van der Waals surface area contributed by atoms with E-state index in [-0.39, 0.29) is 11.2 Å². The second-order valence-electron chi connectivity index (χ2n) is 5.99. The van der Waals surface area contributed by atoms with Crippen molar-refractivity contribution in [1.29, 1.82) is 0 Å². The molecule has 0 saturated carbocycles. The Labute approximate surface area is 160 Å². The summed E-state index contributed by atoms with van der Waals surface area (Å²) in [4.78, 5) is 28.6. The largest absolute Gasteiger partial charge is 0.497 e. The van der Waals surface area contributed by atoms with Crippen LogP contribution in [0.2, 0.25) is 0 Å². The molecule has 2 aromatic heterocycles. The molecular formula is C22H15NO5. The summed E-state index contributed by atoms with van der Waals surface area (Å²) in [6.45, 7) is 0. The van der Waals surface area contributed by atoms with Gasteiger partial charge in [0.1, 0.15) is 22.8 Å². The molecule has 4 aromatic rings. The first-order valence-corrected chi connectivity index (χ1v) is 8.48. The minimum atomic E-state index is -0.549. The number of benzene rings is 2. The van der Waals surface area contributed by atoms with Crippen molar-refractivity contribution in [3.05, 3.63) is 88.8 Å². The molecule has 0 spiro atoms. The van der Waals surface area contributed by atoms with Gasteiger partial charge in [0.15, 0.2) is 5.43 Å². The Bertz CT molecular complexity index is 1200. The van der Waals surface area contributed by atoms with Gasteiger partial charge >= 0.3 is 5.97 Å². The molecule has 2 aromatic carbocycles. The van der Waals surface area contributed by atoms with Gasteiger partial charge in [-0.25, -0.2) is 4.79 Å². The van der Waals surface area contributed by atoms with Gasteiger partial charge in [0.05, 0.1) is 18.1 Å². The number of hydrogen-bond donors (Lipinski definition) is 0. The van der Waals surface area contributed by atoms with Crippen LogP contribution >= 0.6 is 0 Å². The van der Waals surface area contributed by atoms with Crippen LogP contribution in [-0.2, 0) is 0 Å². The summed E-state index contributed by atoms with van der Waals surface area (Å²) in [7, 11) is 1.59. The Hall–Kier alpha value is -3.93. The number of ether oxygens (including phenoxy) is 2. The molecule has 0 saturated heterocycles. The Kier molecular flexibility index (Phi) is 4.60. The van der Waals surface area contributed by atoms with Crippen LogP contribution in [0.4, 0.5) is 0 Å². The average molecular weight is 373 g/mol. The van der Waals surface area contributed by atoms with Gasteiger partial charge in [-0.2, -0.15) is 0 Å². The monoisotopic (exact) mass is 373 g/mol. The number of methoxy groups -OCH3 is 1. The lowest BCUT2D eigenvalue weighted by atomic mass is 10.1. The summed E-state index contributed by atoms with van der Waals surface area (Å²) in [5, 5.41) is 0.328. The van der Waals surface area contributed by atoms with Gasteiger partial charge in [0, 0.05) is 24.0 Å². The molecule has 0 unspecified atom stereocenters. The molecule has 0 atom stereocenters. The fraction of sp³-hybridized carbons (Fsp3) is 0.0455. The van der Waals surface area contributed by atoms with Crippen LogP contribution in [0, 0.1) is 0 Å². The number of esters is 1. The maximum atomic E-state index is 12.6.